The van der Waals surface area contributed by atoms with Crippen molar-refractivity contribution in [3.8, 4) is 0 Å². The highest BCUT2D eigenvalue weighted by atomic mass is 19.1. The molecule has 0 amide bonds. The fourth-order valence-electron chi connectivity index (χ4n) is 2.98. The van der Waals surface area contributed by atoms with Crippen molar-refractivity contribution in [2.45, 2.75) is 31.7 Å². The number of nitrogens with one attached hydrogen (secondary N) is 1. The molecule has 1 fully saturated rings. The number of fused-ring (bicyclic) bond motifs is 1. The van der Waals surface area contributed by atoms with Crippen molar-refractivity contribution in [2.24, 2.45) is 5.92 Å². The summed E-state index contributed by atoms with van der Waals surface area (Å²) in [6, 6.07) is 2.16. The molecule has 17 heavy (non-hydrogen) atoms. The summed E-state index contributed by atoms with van der Waals surface area (Å²) in [4.78, 5) is 3.93. The Morgan fingerprint density at radius 1 is 1.35 bits per heavy atom. The Kier molecular flexibility index (Phi) is 2.93. The van der Waals surface area contributed by atoms with Gasteiger partial charge < -0.3 is 5.32 Å². The van der Waals surface area contributed by atoms with Gasteiger partial charge in [0.25, 0.3) is 0 Å². The van der Waals surface area contributed by atoms with E-state index in [0.717, 1.165) is 30.9 Å². The molecule has 1 N–H and O–H groups in total. The molecule has 3 heteroatoms. The Morgan fingerprint density at radius 3 is 3.18 bits per heavy atom. The van der Waals surface area contributed by atoms with E-state index in [1.54, 1.807) is 12.3 Å². The van der Waals surface area contributed by atoms with E-state index in [4.69, 9.17) is 0 Å². The summed E-state index contributed by atoms with van der Waals surface area (Å²) >= 11 is 0. The first kappa shape index (κ1) is 10.9. The van der Waals surface area contributed by atoms with Crippen LogP contribution in [-0.4, -0.2) is 17.6 Å². The number of pyridine rings is 1. The molecule has 3 rings (SSSR count). The molecule has 1 aromatic rings. The number of piperidine rings is 1. The molecule has 0 radical (unpaired) electrons. The van der Waals surface area contributed by atoms with Gasteiger partial charge in [0.15, 0.2) is 0 Å². The first-order valence-electron chi connectivity index (χ1n) is 6.36. The maximum Gasteiger partial charge on any atom is 0.142 e. The van der Waals surface area contributed by atoms with Gasteiger partial charge in [-0.2, -0.15) is 0 Å². The van der Waals surface area contributed by atoms with Crippen LogP contribution in [-0.2, 0) is 0 Å². The van der Waals surface area contributed by atoms with Gasteiger partial charge in [-0.05, 0) is 55.3 Å². The predicted octanol–water partition coefficient (Wildman–Crippen LogP) is 2.77. The summed E-state index contributed by atoms with van der Waals surface area (Å²) in [6.07, 6.45) is 10.0. The van der Waals surface area contributed by atoms with Crippen molar-refractivity contribution >= 4 is 5.57 Å². The number of hydrogen-bond donors (Lipinski definition) is 1. The smallest absolute Gasteiger partial charge is 0.142 e. The number of halogens is 1. The highest BCUT2D eigenvalue weighted by Gasteiger charge is 2.28. The molecule has 2 nitrogen and oxygen atoms in total. The third-order valence-electron chi connectivity index (χ3n) is 3.91. The second-order valence-electron chi connectivity index (χ2n) is 5.02. The average molecular weight is 232 g/mol. The Hall–Kier alpha value is -1.22. The minimum atomic E-state index is -0.248. The van der Waals surface area contributed by atoms with E-state index in [1.165, 1.54) is 24.6 Å². The van der Waals surface area contributed by atoms with E-state index in [1.807, 2.05) is 0 Å². The van der Waals surface area contributed by atoms with Crippen LogP contribution in [0.15, 0.2) is 24.5 Å². The molecule has 0 spiro atoms. The lowest BCUT2D eigenvalue weighted by atomic mass is 9.78. The lowest BCUT2D eigenvalue weighted by molar-refractivity contribution is 0.278. The van der Waals surface area contributed by atoms with E-state index >= 15 is 0 Å². The fraction of sp³-hybridized carbons (Fsp3) is 0.500. The van der Waals surface area contributed by atoms with Crippen LogP contribution in [0.4, 0.5) is 4.39 Å². The normalized spacial score (nSPS) is 28.4. The molecule has 90 valence electrons. The van der Waals surface area contributed by atoms with E-state index in [9.17, 15) is 4.39 Å². The molecule has 1 aromatic heterocycles. The van der Waals surface area contributed by atoms with Crippen LogP contribution in [0.2, 0.25) is 0 Å². The lowest BCUT2D eigenvalue weighted by Gasteiger charge is -2.36. The maximum absolute atomic E-state index is 13.1. The van der Waals surface area contributed by atoms with Crippen molar-refractivity contribution in [3.63, 3.8) is 0 Å². The Morgan fingerprint density at radius 2 is 2.29 bits per heavy atom. The van der Waals surface area contributed by atoms with Gasteiger partial charge in [-0.25, -0.2) is 4.39 Å². The van der Waals surface area contributed by atoms with E-state index in [0.29, 0.717) is 6.04 Å². The SMILES string of the molecule is Fc1cncc(C2=CCC3CCCNC3C2)c1. The molecule has 1 aliphatic carbocycles. The summed E-state index contributed by atoms with van der Waals surface area (Å²) in [5.41, 5.74) is 2.18. The molecule has 1 saturated heterocycles. The minimum absolute atomic E-state index is 0.248. The molecule has 0 saturated carbocycles. The Bertz CT molecular complexity index is 442. The molecule has 0 aromatic carbocycles. The van der Waals surface area contributed by atoms with Crippen LogP contribution in [0.5, 0.6) is 0 Å². The monoisotopic (exact) mass is 232 g/mol. The number of nitrogens with zero attached hydrogens (tertiary/aromatic N) is 1. The third kappa shape index (κ3) is 2.25. The van der Waals surface area contributed by atoms with Crippen LogP contribution >= 0.6 is 0 Å². The van der Waals surface area contributed by atoms with Crippen molar-refractivity contribution in [3.05, 3.63) is 35.9 Å². The molecule has 2 aliphatic rings. The van der Waals surface area contributed by atoms with Crippen molar-refractivity contribution < 1.29 is 4.39 Å². The molecular formula is C14H17FN2. The zero-order valence-corrected chi connectivity index (χ0v) is 9.82. The fourth-order valence-corrected chi connectivity index (χ4v) is 2.98. The van der Waals surface area contributed by atoms with Gasteiger partial charge in [-0.3, -0.25) is 4.98 Å². The van der Waals surface area contributed by atoms with Crippen LogP contribution in [0.3, 0.4) is 0 Å². The van der Waals surface area contributed by atoms with Crippen molar-refractivity contribution in [1.82, 2.24) is 10.3 Å². The summed E-state index contributed by atoms with van der Waals surface area (Å²) < 4.78 is 13.1. The number of aromatic nitrogens is 1. The third-order valence-corrected chi connectivity index (χ3v) is 3.91. The number of hydrogen-bond acceptors (Lipinski definition) is 2. The molecule has 1 aliphatic heterocycles. The summed E-state index contributed by atoms with van der Waals surface area (Å²) in [5.74, 6) is 0.524. The van der Waals surface area contributed by atoms with E-state index in [2.05, 4.69) is 16.4 Å². The van der Waals surface area contributed by atoms with Crippen molar-refractivity contribution in [1.29, 1.82) is 0 Å². The topological polar surface area (TPSA) is 24.9 Å². The molecule has 2 unspecified atom stereocenters. The average Bonchev–Trinajstić information content (AvgIpc) is 2.38. The van der Waals surface area contributed by atoms with Gasteiger partial charge in [0.1, 0.15) is 5.82 Å². The van der Waals surface area contributed by atoms with E-state index in [-0.39, 0.29) is 5.82 Å². The molecular weight excluding hydrogens is 215 g/mol. The number of allylic oxidation sites excluding steroid dienone is 1. The zero-order chi connectivity index (χ0) is 11.7. The summed E-state index contributed by atoms with van der Waals surface area (Å²) in [5, 5.41) is 3.58. The van der Waals surface area contributed by atoms with Gasteiger partial charge in [-0.1, -0.05) is 6.08 Å². The largest absolute Gasteiger partial charge is 0.313 e. The zero-order valence-electron chi connectivity index (χ0n) is 9.82. The maximum atomic E-state index is 13.1. The standard InChI is InChI=1S/C14H17FN2/c15-13-6-12(8-16-9-13)11-4-3-10-2-1-5-17-14(10)7-11/h4,6,8-10,14,17H,1-3,5,7H2. The molecule has 2 atom stereocenters. The lowest BCUT2D eigenvalue weighted by Crippen LogP contribution is -2.42. The Balaban J connectivity index is 1.82. The van der Waals surface area contributed by atoms with Gasteiger partial charge in [-0.15, -0.1) is 0 Å². The van der Waals surface area contributed by atoms with Gasteiger partial charge in [0, 0.05) is 12.2 Å². The predicted molar refractivity (Wildman–Crippen MR) is 65.9 cm³/mol. The second-order valence-corrected chi connectivity index (χ2v) is 5.02. The van der Waals surface area contributed by atoms with Crippen LogP contribution in [0.1, 0.15) is 31.2 Å². The van der Waals surface area contributed by atoms with Crippen LogP contribution in [0.25, 0.3) is 5.57 Å². The van der Waals surface area contributed by atoms with Gasteiger partial charge >= 0.3 is 0 Å². The highest BCUT2D eigenvalue weighted by molar-refractivity contribution is 5.66. The quantitative estimate of drug-likeness (QED) is 0.805. The van der Waals surface area contributed by atoms with E-state index < -0.39 is 0 Å². The first-order chi connectivity index (χ1) is 8.33. The number of rotatable bonds is 1. The Labute approximate surface area is 101 Å². The summed E-state index contributed by atoms with van der Waals surface area (Å²) in [7, 11) is 0. The van der Waals surface area contributed by atoms with Crippen LogP contribution in [0, 0.1) is 11.7 Å². The first-order valence-corrected chi connectivity index (χ1v) is 6.36. The van der Waals surface area contributed by atoms with Crippen LogP contribution < -0.4 is 5.32 Å². The van der Waals surface area contributed by atoms with Gasteiger partial charge in [0.05, 0.1) is 6.20 Å². The molecule has 0 bridgehead atoms. The second kappa shape index (κ2) is 4.57. The molecule has 2 heterocycles. The highest BCUT2D eigenvalue weighted by Crippen LogP contribution is 2.34. The summed E-state index contributed by atoms with van der Waals surface area (Å²) in [6.45, 7) is 1.12. The van der Waals surface area contributed by atoms with Gasteiger partial charge in [0.2, 0.25) is 0 Å². The van der Waals surface area contributed by atoms with Crippen molar-refractivity contribution in [2.75, 3.05) is 6.54 Å². The minimum Gasteiger partial charge on any atom is -0.313 e.